The van der Waals surface area contributed by atoms with Crippen LogP contribution in [-0.2, 0) is 62.8 Å². The number of aromatic nitrogens is 1. The number of halogens is 4. The Bertz CT molecular complexity index is 4090. The molecule has 2 unspecified atom stereocenters. The molecule has 572 valence electrons. The summed E-state index contributed by atoms with van der Waals surface area (Å²) >= 11 is 0. The summed E-state index contributed by atoms with van der Waals surface area (Å²) in [5.74, 6) is -4.81. The number of nitrogens with zero attached hydrogens (tertiary/aromatic N) is 2. The second kappa shape index (κ2) is 43.0. The Hall–Kier alpha value is -8.89. The number of pyridine rings is 1. The molecule has 8 aromatic rings. The normalized spacial score (nSPS) is 14.9. The van der Waals surface area contributed by atoms with Gasteiger partial charge >= 0.3 is 18.0 Å². The maximum atomic E-state index is 13.9. The number of amides is 2. The van der Waals surface area contributed by atoms with E-state index in [1.54, 1.807) is 35.4 Å². The average Bonchev–Trinajstić information content (AvgIpc) is 0.792. The monoisotopic (exact) mass is 1460 g/mol. The number of rotatable bonds is 29. The molecule has 1 aromatic heterocycles. The van der Waals surface area contributed by atoms with E-state index in [9.17, 15) is 52.1 Å². The first kappa shape index (κ1) is 86.0. The molecular weight excluding hydrogens is 1350 g/mol. The van der Waals surface area contributed by atoms with Crippen molar-refractivity contribution in [3.63, 3.8) is 0 Å². The van der Waals surface area contributed by atoms with Crippen molar-refractivity contribution in [2.24, 2.45) is 5.73 Å². The molecule has 0 bridgehead atoms. The molecule has 0 fully saturated rings. The molecule has 3 heterocycles. The van der Waals surface area contributed by atoms with Gasteiger partial charge in [-0.25, -0.2) is 31.9 Å². The van der Waals surface area contributed by atoms with Gasteiger partial charge in [0.25, 0.3) is 5.91 Å². The lowest BCUT2D eigenvalue weighted by atomic mass is 9.88. The molecule has 6 atom stereocenters. The van der Waals surface area contributed by atoms with Crippen LogP contribution < -0.4 is 27.0 Å². The average molecular weight is 1460 g/mol. The fraction of sp³-hybridized carbons (Fsp3) is 0.430. The quantitative estimate of drug-likeness (QED) is 0.0198. The number of unbranched alkanes of at least 4 members (excludes halogenated alkanes) is 3. The summed E-state index contributed by atoms with van der Waals surface area (Å²) in [7, 11) is 0. The van der Waals surface area contributed by atoms with E-state index in [4.69, 9.17) is 15.6 Å². The number of nitrogens with two attached hydrogens (primary N) is 1. The first-order chi connectivity index (χ1) is 50.3. The second-order valence-corrected chi connectivity index (χ2v) is 28.2. The van der Waals surface area contributed by atoms with Crippen molar-refractivity contribution in [1.82, 2.24) is 31.2 Å². The fourth-order valence-corrected chi connectivity index (χ4v) is 13.0. The SMILES string of the molecule is C.CCCCC1NCCc2ccc(C(=O)N[C@@H](Cc3cc(F)cc(F)c3)[C@H](O)CNCc3cccc(CC)c3)cc21.CCCCC1c2cc(C(=O)O)ccc2CCN1C(=O)OC(C)(C)C.CCCCc1nccc2ccc(C(=O)O)cc12.CCc1cccc(CNC[C@@H](O)[C@@H](N)Cc2cc(F)cc(F)c2)c1. The molecular formula is C86H111F4N7O9. The summed E-state index contributed by atoms with van der Waals surface area (Å²) in [4.78, 5) is 54.4. The summed E-state index contributed by atoms with van der Waals surface area (Å²) < 4.78 is 59.8. The summed E-state index contributed by atoms with van der Waals surface area (Å²) in [6.45, 7) is 19.4. The standard InChI is InChI=1S/C33H41F2N3O2.C19H24F2N2O.C19H27NO4.C14H15NO2.CH4/c1-3-5-9-30-29-18-26(11-10-25(29)12-13-37-30)33(40)38-31(17-24-15-27(34)19-28(35)16-24)32(39)21-36-20-23-8-6-7-22(4-2)14-23;1-2-13-4-3-5-14(6-13)11-23-12-19(24)18(22)9-15-7-16(20)10-17(21)8-15;1-5-6-7-16-15-12-14(17(21)22)9-8-13(15)10-11-20(16)18(23)24-19(2,3)4;1-2-3-4-13-12-9-11(14(16)17)6-5-10(12)7-8-15-13;/h6-8,10-11,14-16,18-19,30-32,36-37,39H,3-5,9,12-13,17,20-21H2,1-2H3,(H,38,40);3-8,10,18-19,23-24H,2,9,11-12,22H2,1H3;8-9,12,16H,5-7,10-11H2,1-4H3,(H,21,22);5-9H,2-4H2,1H3,(H,16,17);1H4/t30?,31-,32+;18-,19+;;;/m00.../s1. The van der Waals surface area contributed by atoms with E-state index < -0.39 is 65.1 Å². The minimum Gasteiger partial charge on any atom is -0.478 e. The van der Waals surface area contributed by atoms with E-state index >= 15 is 0 Å². The van der Waals surface area contributed by atoms with Crippen LogP contribution in [0.15, 0.2) is 152 Å². The van der Waals surface area contributed by atoms with Gasteiger partial charge < -0.3 is 57.1 Å². The van der Waals surface area contributed by atoms with Gasteiger partial charge in [-0.3, -0.25) is 9.78 Å². The van der Waals surface area contributed by atoms with E-state index in [0.29, 0.717) is 48.4 Å². The van der Waals surface area contributed by atoms with Gasteiger partial charge in [-0.15, -0.1) is 0 Å². The van der Waals surface area contributed by atoms with Gasteiger partial charge in [0.05, 0.1) is 35.4 Å². The molecule has 2 amide bonds. The van der Waals surface area contributed by atoms with Crippen LogP contribution in [0.2, 0.25) is 0 Å². The predicted octanol–water partition coefficient (Wildman–Crippen LogP) is 16.3. The lowest BCUT2D eigenvalue weighted by Crippen LogP contribution is -2.48. The first-order valence-electron chi connectivity index (χ1n) is 37.0. The van der Waals surface area contributed by atoms with Gasteiger partial charge in [-0.05, 0) is 219 Å². The van der Waals surface area contributed by atoms with Crippen molar-refractivity contribution >= 4 is 34.7 Å². The largest absolute Gasteiger partial charge is 0.478 e. The van der Waals surface area contributed by atoms with Crippen molar-refractivity contribution in [2.45, 2.75) is 214 Å². The van der Waals surface area contributed by atoms with Crippen LogP contribution in [0, 0.1) is 23.3 Å². The third-order valence-electron chi connectivity index (χ3n) is 18.7. The highest BCUT2D eigenvalue weighted by molar-refractivity contribution is 5.96. The minimum atomic E-state index is -0.985. The zero-order valence-corrected chi connectivity index (χ0v) is 62.1. The molecule has 20 heteroatoms. The summed E-state index contributed by atoms with van der Waals surface area (Å²) in [6.07, 6.45) is 12.6. The maximum Gasteiger partial charge on any atom is 0.410 e. The number of carboxylic acids is 2. The van der Waals surface area contributed by atoms with Crippen LogP contribution in [0.3, 0.4) is 0 Å². The first-order valence-corrected chi connectivity index (χ1v) is 37.0. The molecule has 0 spiro atoms. The summed E-state index contributed by atoms with van der Waals surface area (Å²) in [5, 5.41) is 54.5. The number of aryl methyl sites for hydroxylation is 3. The molecule has 0 saturated carbocycles. The number of aromatic carboxylic acids is 2. The van der Waals surface area contributed by atoms with E-state index in [1.807, 2.05) is 81.4 Å². The Kier molecular flexibility index (Phi) is 34.9. The van der Waals surface area contributed by atoms with Crippen LogP contribution in [0.1, 0.15) is 219 Å². The van der Waals surface area contributed by atoms with Crippen LogP contribution in [-0.4, -0.2) is 110 Å². The number of aliphatic hydroxyl groups excluding tert-OH is 2. The number of benzene rings is 7. The molecule has 10 rings (SSSR count). The van der Waals surface area contributed by atoms with Gasteiger partial charge in [0.15, 0.2) is 0 Å². The number of hydrogen-bond donors (Lipinski definition) is 9. The number of carboxylic acid groups (broad SMARTS) is 2. The van der Waals surface area contributed by atoms with Gasteiger partial charge in [-0.2, -0.15) is 0 Å². The lowest BCUT2D eigenvalue weighted by Gasteiger charge is -2.38. The number of aliphatic hydroxyl groups is 2. The summed E-state index contributed by atoms with van der Waals surface area (Å²) in [6, 6.07) is 39.9. The second-order valence-electron chi connectivity index (χ2n) is 28.2. The number of ether oxygens (including phenoxy) is 1. The van der Waals surface area contributed by atoms with E-state index in [2.05, 4.69) is 85.1 Å². The Balaban J connectivity index is 0.000000232. The predicted molar refractivity (Wildman–Crippen MR) is 413 cm³/mol. The molecule has 106 heavy (non-hydrogen) atoms. The molecule has 16 nitrogen and oxygen atoms in total. The molecule has 2 aliphatic rings. The van der Waals surface area contributed by atoms with Crippen molar-refractivity contribution in [3.8, 4) is 0 Å². The number of carbonyl (C=O) groups excluding carboxylic acids is 2. The molecule has 10 N–H and O–H groups in total. The van der Waals surface area contributed by atoms with Crippen molar-refractivity contribution in [2.75, 3.05) is 26.2 Å². The highest BCUT2D eigenvalue weighted by Crippen LogP contribution is 2.36. The highest BCUT2D eigenvalue weighted by Gasteiger charge is 2.34. The van der Waals surface area contributed by atoms with Gasteiger partial charge in [0, 0.05) is 79.8 Å². The van der Waals surface area contributed by atoms with Crippen molar-refractivity contribution in [1.29, 1.82) is 0 Å². The van der Waals surface area contributed by atoms with E-state index in [1.165, 1.54) is 41.0 Å². The third kappa shape index (κ3) is 27.2. The zero-order valence-electron chi connectivity index (χ0n) is 62.1. The molecule has 0 saturated heterocycles. The number of fused-ring (bicyclic) bond motifs is 3. The highest BCUT2D eigenvalue weighted by atomic mass is 19.1. The molecule has 0 aliphatic carbocycles. The van der Waals surface area contributed by atoms with E-state index in [0.717, 1.165) is 146 Å². The zero-order chi connectivity index (χ0) is 76.2. The fourth-order valence-electron chi connectivity index (χ4n) is 13.0. The molecule has 2 aliphatic heterocycles. The Morgan fingerprint density at radius 3 is 1.69 bits per heavy atom. The maximum absolute atomic E-state index is 13.9. The lowest BCUT2D eigenvalue weighted by molar-refractivity contribution is 0.0129. The molecule has 7 aromatic carbocycles. The Morgan fingerprint density at radius 2 is 1.12 bits per heavy atom. The van der Waals surface area contributed by atoms with Crippen LogP contribution in [0.4, 0.5) is 22.4 Å². The van der Waals surface area contributed by atoms with Crippen molar-refractivity contribution < 1.29 is 61.9 Å². The Morgan fingerprint density at radius 1 is 0.604 bits per heavy atom. The third-order valence-corrected chi connectivity index (χ3v) is 18.7. The molecule has 0 radical (unpaired) electrons. The van der Waals surface area contributed by atoms with Crippen LogP contribution >= 0.6 is 0 Å². The van der Waals surface area contributed by atoms with Crippen LogP contribution in [0.25, 0.3) is 10.8 Å². The Labute approximate surface area is 624 Å². The van der Waals surface area contributed by atoms with Gasteiger partial charge in [0.2, 0.25) is 0 Å². The van der Waals surface area contributed by atoms with Gasteiger partial charge in [0.1, 0.15) is 28.9 Å². The summed E-state index contributed by atoms with van der Waals surface area (Å²) in [5.41, 5.74) is 17.5. The van der Waals surface area contributed by atoms with Gasteiger partial charge in [-0.1, -0.05) is 141 Å². The number of carbonyl (C=O) groups is 4. The van der Waals surface area contributed by atoms with Crippen LogP contribution in [0.5, 0.6) is 0 Å². The van der Waals surface area contributed by atoms with Crippen molar-refractivity contribution in [3.05, 3.63) is 253 Å². The topological polar surface area (TPSA) is 249 Å². The van der Waals surface area contributed by atoms with E-state index in [-0.39, 0.29) is 56.5 Å². The minimum absolute atomic E-state index is 0. The number of nitrogens with one attached hydrogen (secondary N) is 4. The number of hydrogen-bond acceptors (Lipinski definition) is 12. The smallest absolute Gasteiger partial charge is 0.410 e.